The molecule has 0 unspecified atom stereocenters. The second kappa shape index (κ2) is 22.0. The van der Waals surface area contributed by atoms with Crippen molar-refractivity contribution in [3.63, 3.8) is 0 Å². The van der Waals surface area contributed by atoms with Crippen LogP contribution >= 0.6 is 0 Å². The first kappa shape index (κ1) is 25.7. The molecule has 5 heteroatoms. The minimum atomic E-state index is -0.670. The largest absolute Gasteiger partial charge is 0.481 e. The van der Waals surface area contributed by atoms with E-state index in [4.69, 9.17) is 10.2 Å². The quantitative estimate of drug-likeness (QED) is 0.370. The van der Waals surface area contributed by atoms with Crippen molar-refractivity contribution in [3.8, 4) is 0 Å². The van der Waals surface area contributed by atoms with E-state index < -0.39 is 11.9 Å². The summed E-state index contributed by atoms with van der Waals surface area (Å²) in [5.41, 5.74) is 0. The van der Waals surface area contributed by atoms with E-state index in [2.05, 4.69) is 13.8 Å². The first-order chi connectivity index (χ1) is 9.54. The number of carbonyl (C=O) groups is 2. The van der Waals surface area contributed by atoms with Gasteiger partial charge in [-0.3, -0.25) is 9.59 Å². The molecule has 0 atom stereocenters. The number of hydrogen-bond acceptors (Lipinski definition) is 2. The van der Waals surface area contributed by atoms with Gasteiger partial charge in [0.15, 0.2) is 0 Å². The SMILES string of the molecule is CCCCCCCC(=O)O.CCCCCCCC(=O)O.[Sn]. The Kier molecular flexibility index (Phi) is 26.9. The predicted molar refractivity (Wildman–Crippen MR) is 87.8 cm³/mol. The Labute approximate surface area is 146 Å². The predicted octanol–water partition coefficient (Wildman–Crippen LogP) is 4.48. The van der Waals surface area contributed by atoms with Crippen LogP contribution in [0.1, 0.15) is 90.9 Å². The van der Waals surface area contributed by atoms with Crippen LogP contribution in [0.5, 0.6) is 0 Å². The monoisotopic (exact) mass is 408 g/mol. The van der Waals surface area contributed by atoms with Crippen LogP contribution in [0.15, 0.2) is 0 Å². The fraction of sp³-hybridized carbons (Fsp3) is 0.875. The van der Waals surface area contributed by atoms with E-state index in [1.165, 1.54) is 38.5 Å². The van der Waals surface area contributed by atoms with Gasteiger partial charge in [0, 0.05) is 36.7 Å². The Morgan fingerprint density at radius 1 is 0.619 bits per heavy atom. The van der Waals surface area contributed by atoms with Crippen LogP contribution < -0.4 is 0 Å². The van der Waals surface area contributed by atoms with Gasteiger partial charge >= 0.3 is 11.9 Å². The van der Waals surface area contributed by atoms with E-state index in [0.29, 0.717) is 12.8 Å². The van der Waals surface area contributed by atoms with Crippen molar-refractivity contribution in [2.24, 2.45) is 0 Å². The normalized spacial score (nSPS) is 9.24. The molecule has 0 rings (SSSR count). The summed E-state index contributed by atoms with van der Waals surface area (Å²) in [5, 5.41) is 16.5. The van der Waals surface area contributed by atoms with E-state index in [9.17, 15) is 9.59 Å². The van der Waals surface area contributed by atoms with E-state index in [1.54, 1.807) is 0 Å². The average Bonchev–Trinajstić information content (AvgIpc) is 2.38. The zero-order valence-electron chi connectivity index (χ0n) is 13.7. The molecule has 0 aromatic carbocycles. The van der Waals surface area contributed by atoms with Gasteiger partial charge in [-0.1, -0.05) is 65.2 Å². The first-order valence-corrected chi connectivity index (χ1v) is 7.98. The molecule has 0 bridgehead atoms. The topological polar surface area (TPSA) is 74.6 Å². The third-order valence-electron chi connectivity index (χ3n) is 2.99. The molecule has 0 aromatic rings. The molecule has 4 radical (unpaired) electrons. The molecule has 0 heterocycles. The molecule has 4 nitrogen and oxygen atoms in total. The van der Waals surface area contributed by atoms with Crippen LogP contribution in [0.2, 0.25) is 0 Å². The molecule has 0 aliphatic carbocycles. The minimum absolute atomic E-state index is 0. The molecule has 0 spiro atoms. The Morgan fingerprint density at radius 2 is 0.905 bits per heavy atom. The van der Waals surface area contributed by atoms with Crippen molar-refractivity contribution >= 4 is 35.8 Å². The van der Waals surface area contributed by atoms with E-state index in [1.807, 2.05) is 0 Å². The van der Waals surface area contributed by atoms with E-state index in [-0.39, 0.29) is 23.9 Å². The maximum absolute atomic E-state index is 10.0. The third-order valence-corrected chi connectivity index (χ3v) is 2.99. The summed E-state index contributed by atoms with van der Waals surface area (Å²) in [7, 11) is 0. The maximum atomic E-state index is 10.0. The summed E-state index contributed by atoms with van der Waals surface area (Å²) in [6.07, 6.45) is 11.8. The van der Waals surface area contributed by atoms with Gasteiger partial charge in [0.05, 0.1) is 0 Å². The Balaban J connectivity index is -0.000000295. The van der Waals surface area contributed by atoms with Crippen LogP contribution in [0.3, 0.4) is 0 Å². The van der Waals surface area contributed by atoms with Gasteiger partial charge in [0.2, 0.25) is 0 Å². The van der Waals surface area contributed by atoms with Gasteiger partial charge in [0.1, 0.15) is 0 Å². The molecular formula is C16H32O4Sn. The first-order valence-electron chi connectivity index (χ1n) is 7.98. The summed E-state index contributed by atoms with van der Waals surface area (Å²) in [5.74, 6) is -1.34. The van der Waals surface area contributed by atoms with Crippen molar-refractivity contribution in [3.05, 3.63) is 0 Å². The van der Waals surface area contributed by atoms with Gasteiger partial charge in [0.25, 0.3) is 0 Å². The van der Waals surface area contributed by atoms with Crippen molar-refractivity contribution in [1.82, 2.24) is 0 Å². The molecule has 21 heavy (non-hydrogen) atoms. The van der Waals surface area contributed by atoms with Gasteiger partial charge in [-0.2, -0.15) is 0 Å². The number of aliphatic carboxylic acids is 2. The summed E-state index contributed by atoms with van der Waals surface area (Å²) >= 11 is 0. The van der Waals surface area contributed by atoms with Crippen LogP contribution in [0.25, 0.3) is 0 Å². The summed E-state index contributed by atoms with van der Waals surface area (Å²) in [4.78, 5) is 20.1. The number of unbranched alkanes of at least 4 members (excludes halogenated alkanes) is 8. The molecule has 0 saturated heterocycles. The molecule has 0 amide bonds. The van der Waals surface area contributed by atoms with Crippen molar-refractivity contribution in [2.45, 2.75) is 90.9 Å². The smallest absolute Gasteiger partial charge is 0.303 e. The summed E-state index contributed by atoms with van der Waals surface area (Å²) < 4.78 is 0. The molecule has 0 saturated carbocycles. The zero-order chi connectivity index (χ0) is 15.6. The van der Waals surface area contributed by atoms with Crippen molar-refractivity contribution < 1.29 is 19.8 Å². The molecule has 0 aliphatic rings. The van der Waals surface area contributed by atoms with E-state index >= 15 is 0 Å². The zero-order valence-corrected chi connectivity index (χ0v) is 16.6. The summed E-state index contributed by atoms with van der Waals surface area (Å²) in [6, 6.07) is 0. The standard InChI is InChI=1S/2C8H16O2.Sn/c2*1-2-3-4-5-6-7-8(9)10;/h2*2-7H2,1H3,(H,9,10);. The molecule has 0 aliphatic heterocycles. The number of carboxylic acid groups (broad SMARTS) is 2. The van der Waals surface area contributed by atoms with Crippen molar-refractivity contribution in [2.75, 3.05) is 0 Å². The molecule has 124 valence electrons. The molecular weight excluding hydrogens is 375 g/mol. The van der Waals surface area contributed by atoms with Gasteiger partial charge in [-0.05, 0) is 12.8 Å². The molecule has 0 fully saturated rings. The number of carboxylic acids is 2. The maximum Gasteiger partial charge on any atom is 0.303 e. The average molecular weight is 407 g/mol. The third kappa shape index (κ3) is 32.9. The number of rotatable bonds is 12. The fourth-order valence-corrected chi connectivity index (χ4v) is 1.76. The molecule has 2 N–H and O–H groups in total. The van der Waals surface area contributed by atoms with Crippen molar-refractivity contribution in [1.29, 1.82) is 0 Å². The van der Waals surface area contributed by atoms with Gasteiger partial charge < -0.3 is 10.2 Å². The molecule has 0 aromatic heterocycles. The second-order valence-electron chi connectivity index (χ2n) is 5.12. The number of hydrogen-bond donors (Lipinski definition) is 2. The van der Waals surface area contributed by atoms with Crippen LogP contribution in [0, 0.1) is 0 Å². The Morgan fingerprint density at radius 3 is 1.14 bits per heavy atom. The minimum Gasteiger partial charge on any atom is -0.481 e. The Hall–Kier alpha value is -0.261. The van der Waals surface area contributed by atoms with Gasteiger partial charge in [-0.15, -0.1) is 0 Å². The van der Waals surface area contributed by atoms with Crippen LogP contribution in [0.4, 0.5) is 0 Å². The summed E-state index contributed by atoms with van der Waals surface area (Å²) in [6.45, 7) is 4.30. The van der Waals surface area contributed by atoms with Gasteiger partial charge in [-0.25, -0.2) is 0 Å². The van der Waals surface area contributed by atoms with Crippen LogP contribution in [-0.2, 0) is 9.59 Å². The Bertz CT molecular complexity index is 208. The second-order valence-corrected chi connectivity index (χ2v) is 5.12. The van der Waals surface area contributed by atoms with E-state index in [0.717, 1.165) is 25.7 Å². The fourth-order valence-electron chi connectivity index (χ4n) is 1.76. The van der Waals surface area contributed by atoms with Crippen LogP contribution in [-0.4, -0.2) is 46.1 Å².